The zero-order valence-electron chi connectivity index (χ0n) is 12.8. The van der Waals surface area contributed by atoms with Gasteiger partial charge in [0.15, 0.2) is 5.11 Å². The second-order valence-electron chi connectivity index (χ2n) is 5.10. The summed E-state index contributed by atoms with van der Waals surface area (Å²) in [6.45, 7) is 0. The highest BCUT2D eigenvalue weighted by molar-refractivity contribution is 7.80. The summed E-state index contributed by atoms with van der Waals surface area (Å²) < 4.78 is 10.3. The summed E-state index contributed by atoms with van der Waals surface area (Å²) in [7, 11) is 3.06. The molecule has 0 bridgehead atoms. The molecule has 0 aliphatic heterocycles. The summed E-state index contributed by atoms with van der Waals surface area (Å²) in [5, 5.41) is 3.61. The Morgan fingerprint density at radius 2 is 1.91 bits per heavy atom. The van der Waals surface area contributed by atoms with Crippen LogP contribution in [0.15, 0.2) is 18.2 Å². The van der Waals surface area contributed by atoms with E-state index in [0.717, 1.165) is 12.8 Å². The lowest BCUT2D eigenvalue weighted by Crippen LogP contribution is -2.49. The highest BCUT2D eigenvalue weighted by Crippen LogP contribution is 2.23. The van der Waals surface area contributed by atoms with Crippen molar-refractivity contribution in [2.45, 2.75) is 31.7 Å². The van der Waals surface area contributed by atoms with E-state index in [1.807, 2.05) is 0 Å². The van der Waals surface area contributed by atoms with Gasteiger partial charge in [-0.05, 0) is 43.3 Å². The van der Waals surface area contributed by atoms with Gasteiger partial charge >= 0.3 is 0 Å². The minimum atomic E-state index is -0.341. The SMILES string of the molecule is COc1ccc(OC)c(C(=O)NNC(=S)NC2CCCC2)c1. The van der Waals surface area contributed by atoms with E-state index in [-0.39, 0.29) is 5.91 Å². The van der Waals surface area contributed by atoms with Crippen LogP contribution >= 0.6 is 12.2 Å². The van der Waals surface area contributed by atoms with Crippen LogP contribution in [0.3, 0.4) is 0 Å². The molecule has 1 aromatic rings. The number of thiocarbonyl (C=S) groups is 1. The van der Waals surface area contributed by atoms with Gasteiger partial charge in [-0.3, -0.25) is 15.6 Å². The molecule has 0 aromatic heterocycles. The van der Waals surface area contributed by atoms with Crippen molar-refractivity contribution in [1.82, 2.24) is 16.2 Å². The first-order valence-corrected chi connectivity index (χ1v) is 7.63. The summed E-state index contributed by atoms with van der Waals surface area (Å²) in [5.74, 6) is 0.707. The molecule has 6 nitrogen and oxygen atoms in total. The number of nitrogens with one attached hydrogen (secondary N) is 3. The van der Waals surface area contributed by atoms with Gasteiger partial charge in [0.25, 0.3) is 5.91 Å². The van der Waals surface area contributed by atoms with Gasteiger partial charge in [0.2, 0.25) is 0 Å². The third-order valence-corrected chi connectivity index (χ3v) is 3.85. The molecule has 0 saturated heterocycles. The van der Waals surface area contributed by atoms with Gasteiger partial charge in [0.1, 0.15) is 11.5 Å². The third-order valence-electron chi connectivity index (χ3n) is 3.63. The van der Waals surface area contributed by atoms with Crippen LogP contribution in [0.25, 0.3) is 0 Å². The van der Waals surface area contributed by atoms with Gasteiger partial charge in [-0.25, -0.2) is 0 Å². The lowest BCUT2D eigenvalue weighted by Gasteiger charge is -2.16. The largest absolute Gasteiger partial charge is 0.497 e. The van der Waals surface area contributed by atoms with Gasteiger partial charge in [0.05, 0.1) is 19.8 Å². The van der Waals surface area contributed by atoms with E-state index in [1.54, 1.807) is 25.3 Å². The number of ether oxygens (including phenoxy) is 2. The van der Waals surface area contributed by atoms with Gasteiger partial charge in [-0.1, -0.05) is 12.8 Å². The second kappa shape index (κ2) is 7.84. The van der Waals surface area contributed by atoms with E-state index >= 15 is 0 Å². The van der Waals surface area contributed by atoms with E-state index in [1.165, 1.54) is 20.0 Å². The fourth-order valence-corrected chi connectivity index (χ4v) is 2.68. The molecule has 1 aromatic carbocycles. The second-order valence-corrected chi connectivity index (χ2v) is 5.51. The molecule has 0 radical (unpaired) electrons. The molecule has 3 N–H and O–H groups in total. The molecule has 0 atom stereocenters. The van der Waals surface area contributed by atoms with Crippen molar-refractivity contribution in [3.8, 4) is 11.5 Å². The van der Waals surface area contributed by atoms with Crippen molar-refractivity contribution < 1.29 is 14.3 Å². The molecule has 1 saturated carbocycles. The number of amides is 1. The van der Waals surface area contributed by atoms with Crippen LogP contribution < -0.4 is 25.6 Å². The maximum absolute atomic E-state index is 12.2. The van der Waals surface area contributed by atoms with Crippen molar-refractivity contribution in [2.75, 3.05) is 14.2 Å². The van der Waals surface area contributed by atoms with Crippen molar-refractivity contribution >= 4 is 23.2 Å². The van der Waals surface area contributed by atoms with Crippen LogP contribution in [0.1, 0.15) is 36.0 Å². The smallest absolute Gasteiger partial charge is 0.273 e. The summed E-state index contributed by atoms with van der Waals surface area (Å²) in [4.78, 5) is 12.2. The van der Waals surface area contributed by atoms with E-state index in [4.69, 9.17) is 21.7 Å². The fraction of sp³-hybridized carbons (Fsp3) is 0.467. The van der Waals surface area contributed by atoms with Crippen molar-refractivity contribution in [3.63, 3.8) is 0 Å². The molecule has 1 amide bonds. The number of benzene rings is 1. The molecule has 1 aliphatic rings. The number of hydrazine groups is 1. The third kappa shape index (κ3) is 4.24. The molecular weight excluding hydrogens is 302 g/mol. The topological polar surface area (TPSA) is 71.6 Å². The minimum absolute atomic E-state index is 0.341. The highest BCUT2D eigenvalue weighted by atomic mass is 32.1. The van der Waals surface area contributed by atoms with Crippen LogP contribution in [-0.2, 0) is 0 Å². The Morgan fingerprint density at radius 1 is 1.18 bits per heavy atom. The molecule has 1 fully saturated rings. The summed E-state index contributed by atoms with van der Waals surface area (Å²) in [5.41, 5.74) is 5.66. The number of carbonyl (C=O) groups is 1. The first-order chi connectivity index (χ1) is 10.6. The van der Waals surface area contributed by atoms with E-state index in [0.29, 0.717) is 28.2 Å². The standard InChI is InChI=1S/C15H21N3O3S/c1-20-11-7-8-13(21-2)12(9-11)14(19)17-18-15(22)16-10-5-3-4-6-10/h7-10H,3-6H2,1-2H3,(H,17,19)(H2,16,18,22). The first kappa shape index (κ1) is 16.4. The Kier molecular flexibility index (Phi) is 5.83. The van der Waals surface area contributed by atoms with Crippen LogP contribution in [0.5, 0.6) is 11.5 Å². The van der Waals surface area contributed by atoms with Crippen molar-refractivity contribution in [3.05, 3.63) is 23.8 Å². The Morgan fingerprint density at radius 3 is 2.55 bits per heavy atom. The predicted molar refractivity (Wildman–Crippen MR) is 88.1 cm³/mol. The summed E-state index contributed by atoms with van der Waals surface area (Å²) in [6, 6.07) is 5.42. The lowest BCUT2D eigenvalue weighted by atomic mass is 10.2. The van der Waals surface area contributed by atoms with Crippen molar-refractivity contribution in [1.29, 1.82) is 0 Å². The van der Waals surface area contributed by atoms with Crippen LogP contribution in [0.4, 0.5) is 0 Å². The molecule has 0 unspecified atom stereocenters. The highest BCUT2D eigenvalue weighted by Gasteiger charge is 2.17. The summed E-state index contributed by atoms with van der Waals surface area (Å²) >= 11 is 5.18. The van der Waals surface area contributed by atoms with Crippen LogP contribution in [-0.4, -0.2) is 31.3 Å². The van der Waals surface area contributed by atoms with Crippen LogP contribution in [0, 0.1) is 0 Å². The molecule has 120 valence electrons. The average molecular weight is 323 g/mol. The number of methoxy groups -OCH3 is 2. The zero-order valence-corrected chi connectivity index (χ0v) is 13.6. The number of rotatable bonds is 4. The Bertz CT molecular complexity index is 545. The average Bonchev–Trinajstić information content (AvgIpc) is 3.04. The number of hydrogen-bond donors (Lipinski definition) is 3. The maximum Gasteiger partial charge on any atom is 0.273 e. The normalized spacial score (nSPS) is 14.3. The van der Waals surface area contributed by atoms with Crippen molar-refractivity contribution in [2.24, 2.45) is 0 Å². The molecular formula is C15H21N3O3S. The molecule has 0 spiro atoms. The molecule has 7 heteroatoms. The molecule has 1 aliphatic carbocycles. The van der Waals surface area contributed by atoms with Crippen LogP contribution in [0.2, 0.25) is 0 Å². The maximum atomic E-state index is 12.2. The molecule has 2 rings (SSSR count). The number of carbonyl (C=O) groups excluding carboxylic acids is 1. The van der Waals surface area contributed by atoms with Gasteiger partial charge in [0, 0.05) is 6.04 Å². The number of hydrogen-bond acceptors (Lipinski definition) is 4. The van der Waals surface area contributed by atoms with E-state index in [2.05, 4.69) is 16.2 Å². The van der Waals surface area contributed by atoms with E-state index < -0.39 is 0 Å². The fourth-order valence-electron chi connectivity index (χ4n) is 2.46. The monoisotopic (exact) mass is 323 g/mol. The minimum Gasteiger partial charge on any atom is -0.497 e. The predicted octanol–water partition coefficient (Wildman–Crippen LogP) is 1.76. The Labute approximate surface area is 135 Å². The molecule has 0 heterocycles. The van der Waals surface area contributed by atoms with Gasteiger partial charge in [-0.2, -0.15) is 0 Å². The Balaban J connectivity index is 1.92. The molecule has 22 heavy (non-hydrogen) atoms. The first-order valence-electron chi connectivity index (χ1n) is 7.23. The van der Waals surface area contributed by atoms with Gasteiger partial charge < -0.3 is 14.8 Å². The van der Waals surface area contributed by atoms with Gasteiger partial charge in [-0.15, -0.1) is 0 Å². The summed E-state index contributed by atoms with van der Waals surface area (Å²) in [6.07, 6.45) is 4.65. The quantitative estimate of drug-likeness (QED) is 0.579. The lowest BCUT2D eigenvalue weighted by molar-refractivity contribution is 0.0940. The Hall–Kier alpha value is -2.02. The van der Waals surface area contributed by atoms with E-state index in [9.17, 15) is 4.79 Å². The zero-order chi connectivity index (χ0) is 15.9.